The maximum Gasteiger partial charge on any atom is 0.306 e. The third-order valence-corrected chi connectivity index (χ3v) is 5.29. The summed E-state index contributed by atoms with van der Waals surface area (Å²) in [6.45, 7) is 5.82. The van der Waals surface area contributed by atoms with Crippen LogP contribution in [0.4, 0.5) is 10.1 Å². The van der Waals surface area contributed by atoms with E-state index in [1.54, 1.807) is 30.0 Å². The Morgan fingerprint density at radius 2 is 1.90 bits per heavy atom. The second-order valence-corrected chi connectivity index (χ2v) is 7.08. The summed E-state index contributed by atoms with van der Waals surface area (Å²) in [7, 11) is 0. The molecule has 29 heavy (non-hydrogen) atoms. The molecule has 2 aromatic carbocycles. The first-order valence-corrected chi connectivity index (χ1v) is 9.61. The molecule has 0 spiro atoms. The fraction of sp³-hybridized carbons (Fsp3) is 0.304. The summed E-state index contributed by atoms with van der Waals surface area (Å²) in [5.41, 5.74) is 1.47. The predicted octanol–water partition coefficient (Wildman–Crippen LogP) is 4.60. The Morgan fingerprint density at radius 1 is 1.24 bits per heavy atom. The van der Waals surface area contributed by atoms with E-state index in [9.17, 15) is 19.1 Å². The van der Waals surface area contributed by atoms with Crippen molar-refractivity contribution in [3.8, 4) is 5.75 Å². The monoisotopic (exact) mass is 397 g/mol. The van der Waals surface area contributed by atoms with Crippen molar-refractivity contribution in [1.82, 2.24) is 0 Å². The van der Waals surface area contributed by atoms with E-state index in [2.05, 4.69) is 6.58 Å². The molecule has 1 saturated heterocycles. The van der Waals surface area contributed by atoms with Gasteiger partial charge in [0.05, 0.1) is 17.9 Å². The number of rotatable bonds is 9. The molecule has 1 N–H and O–H groups in total. The highest BCUT2D eigenvalue weighted by molar-refractivity contribution is 6.03. The first kappa shape index (κ1) is 20.6. The number of nitrogens with zero attached hydrogens (tertiary/aromatic N) is 1. The number of benzene rings is 2. The van der Waals surface area contributed by atoms with E-state index in [1.807, 2.05) is 24.3 Å². The number of carboxylic acids is 1. The van der Waals surface area contributed by atoms with Gasteiger partial charge >= 0.3 is 5.97 Å². The van der Waals surface area contributed by atoms with Gasteiger partial charge < -0.3 is 14.7 Å². The second kappa shape index (κ2) is 8.90. The summed E-state index contributed by atoms with van der Waals surface area (Å²) in [4.78, 5) is 26.0. The van der Waals surface area contributed by atoms with Gasteiger partial charge in [-0.15, -0.1) is 0 Å². The molecule has 0 aromatic heterocycles. The molecular weight excluding hydrogens is 373 g/mol. The molecule has 2 aromatic rings. The van der Waals surface area contributed by atoms with Crippen molar-refractivity contribution >= 4 is 17.6 Å². The van der Waals surface area contributed by atoms with Gasteiger partial charge in [0.15, 0.2) is 0 Å². The molecule has 1 heterocycles. The van der Waals surface area contributed by atoms with Crippen LogP contribution in [0.3, 0.4) is 0 Å². The maximum atomic E-state index is 13.3. The van der Waals surface area contributed by atoms with Gasteiger partial charge in [0.2, 0.25) is 5.91 Å². The van der Waals surface area contributed by atoms with Crippen LogP contribution in [0.25, 0.3) is 0 Å². The molecule has 3 unspecified atom stereocenters. The third-order valence-electron chi connectivity index (χ3n) is 5.29. The Kier molecular flexibility index (Phi) is 6.32. The number of ether oxygens (including phenoxy) is 1. The number of hydrogen-bond acceptors (Lipinski definition) is 3. The van der Waals surface area contributed by atoms with Gasteiger partial charge in [0.25, 0.3) is 0 Å². The fourth-order valence-electron chi connectivity index (χ4n) is 3.71. The van der Waals surface area contributed by atoms with Crippen molar-refractivity contribution < 1.29 is 23.8 Å². The molecule has 0 saturated carbocycles. The maximum absolute atomic E-state index is 13.3. The minimum atomic E-state index is -0.896. The number of hydrogen-bond donors (Lipinski definition) is 1. The zero-order valence-electron chi connectivity index (χ0n) is 16.3. The van der Waals surface area contributed by atoms with E-state index >= 15 is 0 Å². The van der Waals surface area contributed by atoms with Crippen LogP contribution < -0.4 is 9.64 Å². The second-order valence-electron chi connectivity index (χ2n) is 7.08. The average molecular weight is 397 g/mol. The number of anilines is 1. The number of carbonyl (C=O) groups is 2. The lowest BCUT2D eigenvalue weighted by Gasteiger charge is -2.48. The van der Waals surface area contributed by atoms with Crippen LogP contribution in [0.15, 0.2) is 61.2 Å². The Morgan fingerprint density at radius 3 is 2.45 bits per heavy atom. The minimum absolute atomic E-state index is 0.145. The molecule has 3 atom stereocenters. The molecule has 1 amide bonds. The predicted molar refractivity (Wildman–Crippen MR) is 108 cm³/mol. The SMILES string of the molecule is C=CCOc1ccc(C2C(CC(CC)C(=O)O)C(=O)N2c2ccc(F)cc2)cc1. The summed E-state index contributed by atoms with van der Waals surface area (Å²) in [6.07, 6.45) is 2.38. The Bertz CT molecular complexity index is 879. The summed E-state index contributed by atoms with van der Waals surface area (Å²) < 4.78 is 18.8. The van der Waals surface area contributed by atoms with E-state index in [0.717, 1.165) is 5.56 Å². The highest BCUT2D eigenvalue weighted by atomic mass is 19.1. The van der Waals surface area contributed by atoms with E-state index in [4.69, 9.17) is 4.74 Å². The van der Waals surface area contributed by atoms with Gasteiger partial charge in [-0.2, -0.15) is 0 Å². The summed E-state index contributed by atoms with van der Waals surface area (Å²) >= 11 is 0. The summed E-state index contributed by atoms with van der Waals surface area (Å²) in [6, 6.07) is 12.8. The molecule has 5 nitrogen and oxygen atoms in total. The van der Waals surface area contributed by atoms with Gasteiger partial charge in [-0.05, 0) is 54.8 Å². The van der Waals surface area contributed by atoms with Crippen LogP contribution in [0.5, 0.6) is 5.75 Å². The van der Waals surface area contributed by atoms with E-state index in [1.165, 1.54) is 12.1 Å². The highest BCUT2D eigenvalue weighted by Gasteiger charge is 2.49. The lowest BCUT2D eigenvalue weighted by Crippen LogP contribution is -2.56. The van der Waals surface area contributed by atoms with Gasteiger partial charge in [-0.25, -0.2) is 4.39 Å². The molecule has 3 rings (SSSR count). The van der Waals surface area contributed by atoms with Gasteiger partial charge in [-0.1, -0.05) is 31.7 Å². The fourth-order valence-corrected chi connectivity index (χ4v) is 3.71. The number of aliphatic carboxylic acids is 1. The van der Waals surface area contributed by atoms with E-state index in [0.29, 0.717) is 24.5 Å². The van der Waals surface area contributed by atoms with Crippen molar-refractivity contribution in [1.29, 1.82) is 0 Å². The first-order chi connectivity index (χ1) is 14.0. The summed E-state index contributed by atoms with van der Waals surface area (Å²) in [5, 5.41) is 9.43. The number of β-lactam (4-membered cyclic amide) rings is 1. The van der Waals surface area contributed by atoms with Crippen LogP contribution in [-0.2, 0) is 9.59 Å². The largest absolute Gasteiger partial charge is 0.490 e. The summed E-state index contributed by atoms with van der Waals surface area (Å²) in [5.74, 6) is -1.77. The standard InChI is InChI=1S/C23H24FNO4/c1-3-13-29-19-11-5-16(6-12-19)21-20(14-15(4-2)23(27)28)22(26)25(21)18-9-7-17(24)8-10-18/h3,5-12,15,20-21H,1,4,13-14H2,2H3,(H,27,28). The molecule has 0 radical (unpaired) electrons. The zero-order chi connectivity index (χ0) is 21.0. The topological polar surface area (TPSA) is 66.8 Å². The molecule has 152 valence electrons. The van der Waals surface area contributed by atoms with Crippen molar-refractivity contribution in [2.45, 2.75) is 25.8 Å². The van der Waals surface area contributed by atoms with E-state index in [-0.39, 0.29) is 24.2 Å². The first-order valence-electron chi connectivity index (χ1n) is 9.61. The number of amides is 1. The molecule has 1 fully saturated rings. The molecule has 0 aliphatic carbocycles. The van der Waals surface area contributed by atoms with Gasteiger partial charge in [0, 0.05) is 5.69 Å². The smallest absolute Gasteiger partial charge is 0.306 e. The van der Waals surface area contributed by atoms with Crippen molar-refractivity contribution in [3.05, 3.63) is 72.6 Å². The Balaban J connectivity index is 1.90. The number of carbonyl (C=O) groups excluding carboxylic acids is 1. The van der Waals surface area contributed by atoms with Crippen LogP contribution >= 0.6 is 0 Å². The van der Waals surface area contributed by atoms with E-state index < -0.39 is 17.8 Å². The molecule has 1 aliphatic rings. The molecule has 0 bridgehead atoms. The number of halogens is 1. The minimum Gasteiger partial charge on any atom is -0.490 e. The van der Waals surface area contributed by atoms with Gasteiger partial charge in [-0.3, -0.25) is 9.59 Å². The van der Waals surface area contributed by atoms with Crippen molar-refractivity contribution in [3.63, 3.8) is 0 Å². The van der Waals surface area contributed by atoms with Crippen LogP contribution in [0, 0.1) is 17.7 Å². The Labute approximate surface area is 169 Å². The van der Waals surface area contributed by atoms with Gasteiger partial charge in [0.1, 0.15) is 18.2 Å². The lowest BCUT2D eigenvalue weighted by atomic mass is 9.76. The van der Waals surface area contributed by atoms with Crippen LogP contribution in [0.2, 0.25) is 0 Å². The number of carboxylic acid groups (broad SMARTS) is 1. The zero-order valence-corrected chi connectivity index (χ0v) is 16.3. The average Bonchev–Trinajstić information content (AvgIpc) is 2.72. The van der Waals surface area contributed by atoms with Crippen LogP contribution in [-0.4, -0.2) is 23.6 Å². The van der Waals surface area contributed by atoms with Crippen molar-refractivity contribution in [2.24, 2.45) is 11.8 Å². The lowest BCUT2D eigenvalue weighted by molar-refractivity contribution is -0.143. The molecule has 6 heteroatoms. The molecular formula is C23H24FNO4. The normalized spacial score (nSPS) is 19.4. The van der Waals surface area contributed by atoms with Crippen LogP contribution in [0.1, 0.15) is 31.4 Å². The quantitative estimate of drug-likeness (QED) is 0.496. The van der Waals surface area contributed by atoms with Crippen molar-refractivity contribution in [2.75, 3.05) is 11.5 Å². The Hall–Kier alpha value is -3.15. The highest BCUT2D eigenvalue weighted by Crippen LogP contribution is 2.46. The third kappa shape index (κ3) is 4.31. The molecule has 1 aliphatic heterocycles.